The van der Waals surface area contributed by atoms with Crippen LogP contribution in [0.4, 0.5) is 0 Å². The molecule has 4 unspecified atom stereocenters. The highest BCUT2D eigenvalue weighted by Crippen LogP contribution is 2.49. The van der Waals surface area contributed by atoms with Gasteiger partial charge < -0.3 is 14.9 Å². The van der Waals surface area contributed by atoms with Gasteiger partial charge in [0, 0.05) is 45.9 Å². The lowest BCUT2D eigenvalue weighted by Gasteiger charge is -2.35. The third-order valence-corrected chi connectivity index (χ3v) is 6.18. The molecule has 0 radical (unpaired) electrons. The number of hydrogen-bond donors (Lipinski definition) is 2. The molecule has 23 heavy (non-hydrogen) atoms. The van der Waals surface area contributed by atoms with Gasteiger partial charge in [0.2, 0.25) is 0 Å². The number of nitrogens with zero attached hydrogens (tertiary/aromatic N) is 2. The zero-order valence-electron chi connectivity index (χ0n) is 14.4. The number of rotatable bonds is 9. The molecule has 5 heteroatoms. The Morgan fingerprint density at radius 1 is 1.04 bits per heavy atom. The molecule has 1 aliphatic heterocycles. The lowest BCUT2D eigenvalue weighted by molar-refractivity contribution is 0.00152. The normalized spacial score (nSPS) is 33.4. The van der Waals surface area contributed by atoms with Crippen molar-refractivity contribution in [1.82, 2.24) is 9.80 Å². The Morgan fingerprint density at radius 3 is 2.48 bits per heavy atom. The first-order valence-electron chi connectivity index (χ1n) is 9.56. The molecule has 2 saturated carbocycles. The molecule has 0 aromatic rings. The molecule has 0 aromatic heterocycles. The minimum Gasteiger partial charge on any atom is -0.395 e. The smallest absolute Gasteiger partial charge is 0.0900 e. The van der Waals surface area contributed by atoms with Crippen LogP contribution >= 0.6 is 0 Å². The molecule has 2 bridgehead atoms. The van der Waals surface area contributed by atoms with E-state index in [9.17, 15) is 5.11 Å². The third kappa shape index (κ3) is 5.13. The van der Waals surface area contributed by atoms with Crippen molar-refractivity contribution >= 4 is 0 Å². The van der Waals surface area contributed by atoms with Gasteiger partial charge in [0.05, 0.1) is 19.3 Å². The SMILES string of the molecule is OCCN1CCN(CC(O)COCCC2CC3CCC2C3)CC1. The Labute approximate surface area is 140 Å². The predicted octanol–water partition coefficient (Wildman–Crippen LogP) is 0.800. The number of hydrogen-bond acceptors (Lipinski definition) is 5. The molecule has 5 nitrogen and oxygen atoms in total. The molecule has 1 saturated heterocycles. The van der Waals surface area contributed by atoms with E-state index >= 15 is 0 Å². The van der Waals surface area contributed by atoms with E-state index in [1.54, 1.807) is 0 Å². The molecule has 0 amide bonds. The number of β-amino-alcohol motifs (C(OH)–C–C–N with tert-alkyl or cyclic N) is 2. The zero-order valence-corrected chi connectivity index (χ0v) is 14.4. The van der Waals surface area contributed by atoms with E-state index in [0.717, 1.165) is 57.1 Å². The largest absolute Gasteiger partial charge is 0.395 e. The number of ether oxygens (including phenoxy) is 1. The highest BCUT2D eigenvalue weighted by molar-refractivity contribution is 4.89. The molecule has 3 aliphatic rings. The van der Waals surface area contributed by atoms with Crippen LogP contribution in [0.3, 0.4) is 0 Å². The Bertz CT molecular complexity index is 347. The van der Waals surface area contributed by atoms with Crippen molar-refractivity contribution in [2.75, 3.05) is 59.1 Å². The highest BCUT2D eigenvalue weighted by Gasteiger charge is 2.38. The molecule has 134 valence electrons. The second kappa shape index (κ2) is 8.77. The minimum absolute atomic E-state index is 0.235. The standard InChI is InChI=1S/C18H34N2O3/c21-9-8-19-4-6-20(7-5-19)13-18(22)14-23-10-3-17-12-15-1-2-16(17)11-15/h15-18,21-22H,1-14H2. The fourth-order valence-corrected chi connectivity index (χ4v) is 4.87. The zero-order chi connectivity index (χ0) is 16.1. The van der Waals surface area contributed by atoms with Crippen molar-refractivity contribution in [3.63, 3.8) is 0 Å². The second-order valence-electron chi connectivity index (χ2n) is 7.82. The highest BCUT2D eigenvalue weighted by atomic mass is 16.5. The van der Waals surface area contributed by atoms with E-state index < -0.39 is 0 Å². The maximum absolute atomic E-state index is 10.1. The van der Waals surface area contributed by atoms with E-state index in [1.165, 1.54) is 32.1 Å². The molecule has 1 heterocycles. The van der Waals surface area contributed by atoms with E-state index in [2.05, 4.69) is 9.80 Å². The van der Waals surface area contributed by atoms with Gasteiger partial charge in [0.15, 0.2) is 0 Å². The van der Waals surface area contributed by atoms with E-state index in [4.69, 9.17) is 9.84 Å². The van der Waals surface area contributed by atoms with Crippen LogP contribution in [0.2, 0.25) is 0 Å². The summed E-state index contributed by atoms with van der Waals surface area (Å²) in [5.74, 6) is 2.88. The fraction of sp³-hybridized carbons (Fsp3) is 1.00. The second-order valence-corrected chi connectivity index (χ2v) is 7.82. The van der Waals surface area contributed by atoms with Gasteiger partial charge in [-0.3, -0.25) is 9.80 Å². The first-order valence-corrected chi connectivity index (χ1v) is 9.56. The van der Waals surface area contributed by atoms with Crippen molar-refractivity contribution in [1.29, 1.82) is 0 Å². The Hall–Kier alpha value is -0.200. The van der Waals surface area contributed by atoms with Crippen LogP contribution in [0.5, 0.6) is 0 Å². The van der Waals surface area contributed by atoms with Gasteiger partial charge in [0.1, 0.15) is 0 Å². The monoisotopic (exact) mass is 326 g/mol. The van der Waals surface area contributed by atoms with Crippen molar-refractivity contribution in [3.05, 3.63) is 0 Å². The number of aliphatic hydroxyl groups is 2. The maximum Gasteiger partial charge on any atom is 0.0900 e. The van der Waals surface area contributed by atoms with Gasteiger partial charge in [-0.2, -0.15) is 0 Å². The number of piperazine rings is 1. The molecular formula is C18H34N2O3. The Balaban J connectivity index is 1.22. The molecule has 4 atom stereocenters. The molecule has 3 rings (SSSR count). The van der Waals surface area contributed by atoms with Crippen LogP contribution in [0.1, 0.15) is 32.1 Å². The van der Waals surface area contributed by atoms with Crippen LogP contribution in [-0.2, 0) is 4.74 Å². The van der Waals surface area contributed by atoms with Crippen LogP contribution in [0, 0.1) is 17.8 Å². The van der Waals surface area contributed by atoms with Gasteiger partial charge in [-0.1, -0.05) is 6.42 Å². The minimum atomic E-state index is -0.376. The summed E-state index contributed by atoms with van der Waals surface area (Å²) >= 11 is 0. The maximum atomic E-state index is 10.1. The summed E-state index contributed by atoms with van der Waals surface area (Å²) in [7, 11) is 0. The van der Waals surface area contributed by atoms with Crippen LogP contribution < -0.4 is 0 Å². The van der Waals surface area contributed by atoms with Gasteiger partial charge in [-0.15, -0.1) is 0 Å². The summed E-state index contributed by atoms with van der Waals surface area (Å²) in [5, 5.41) is 19.1. The number of fused-ring (bicyclic) bond motifs is 2. The van der Waals surface area contributed by atoms with Crippen LogP contribution in [0.25, 0.3) is 0 Å². The van der Waals surface area contributed by atoms with E-state index in [0.29, 0.717) is 13.2 Å². The fourth-order valence-electron chi connectivity index (χ4n) is 4.87. The molecule has 0 aromatic carbocycles. The molecule has 3 fully saturated rings. The summed E-state index contributed by atoms with van der Waals surface area (Å²) in [6.45, 7) is 6.91. The van der Waals surface area contributed by atoms with Gasteiger partial charge in [-0.25, -0.2) is 0 Å². The predicted molar refractivity (Wildman–Crippen MR) is 90.3 cm³/mol. The molecule has 2 aliphatic carbocycles. The lowest BCUT2D eigenvalue weighted by Crippen LogP contribution is -2.49. The summed E-state index contributed by atoms with van der Waals surface area (Å²) < 4.78 is 5.75. The Morgan fingerprint density at radius 2 is 1.83 bits per heavy atom. The van der Waals surface area contributed by atoms with Crippen molar-refractivity contribution < 1.29 is 14.9 Å². The molecular weight excluding hydrogens is 292 g/mol. The van der Waals surface area contributed by atoms with Crippen LogP contribution in [0.15, 0.2) is 0 Å². The average Bonchev–Trinajstić information content (AvgIpc) is 3.17. The topological polar surface area (TPSA) is 56.2 Å². The number of aliphatic hydroxyl groups excluding tert-OH is 2. The van der Waals surface area contributed by atoms with Gasteiger partial charge in [-0.05, 0) is 43.4 Å². The quantitative estimate of drug-likeness (QED) is 0.614. The summed E-state index contributed by atoms with van der Waals surface area (Å²) in [6.07, 6.45) is 6.62. The first kappa shape index (κ1) is 17.6. The molecule has 2 N–H and O–H groups in total. The van der Waals surface area contributed by atoms with Crippen molar-refractivity contribution in [3.8, 4) is 0 Å². The van der Waals surface area contributed by atoms with Gasteiger partial charge >= 0.3 is 0 Å². The first-order chi connectivity index (χ1) is 11.2. The van der Waals surface area contributed by atoms with E-state index in [1.807, 2.05) is 0 Å². The van der Waals surface area contributed by atoms with Crippen molar-refractivity contribution in [2.45, 2.75) is 38.2 Å². The summed E-state index contributed by atoms with van der Waals surface area (Å²) in [6, 6.07) is 0. The van der Waals surface area contributed by atoms with Crippen LogP contribution in [-0.4, -0.2) is 85.2 Å². The van der Waals surface area contributed by atoms with Gasteiger partial charge in [0.25, 0.3) is 0 Å². The Kier molecular flexibility index (Phi) is 6.72. The molecule has 0 spiro atoms. The van der Waals surface area contributed by atoms with Crippen molar-refractivity contribution in [2.24, 2.45) is 17.8 Å². The average molecular weight is 326 g/mol. The van der Waals surface area contributed by atoms with E-state index in [-0.39, 0.29) is 12.7 Å². The lowest BCUT2D eigenvalue weighted by atomic mass is 9.87. The summed E-state index contributed by atoms with van der Waals surface area (Å²) in [4.78, 5) is 4.58. The summed E-state index contributed by atoms with van der Waals surface area (Å²) in [5.41, 5.74) is 0. The third-order valence-electron chi connectivity index (χ3n) is 6.18.